The molecule has 6 nitrogen and oxygen atoms in total. The maximum atomic E-state index is 13.2. The van der Waals surface area contributed by atoms with Gasteiger partial charge in [-0.2, -0.15) is 0 Å². The molecule has 0 saturated heterocycles. The van der Waals surface area contributed by atoms with Crippen molar-refractivity contribution in [2.45, 2.75) is 39.7 Å². The van der Waals surface area contributed by atoms with Gasteiger partial charge < -0.3 is 19.7 Å². The molecule has 0 radical (unpaired) electrons. The fourth-order valence-corrected chi connectivity index (χ4v) is 4.55. The van der Waals surface area contributed by atoms with E-state index < -0.39 is 0 Å². The number of nitrogens with zero attached hydrogens (tertiary/aromatic N) is 1. The number of hydrogen-bond donors (Lipinski definition) is 1. The Bertz CT molecular complexity index is 1200. The number of carbonyl (C=O) groups is 2. The topological polar surface area (TPSA) is 67.9 Å². The van der Waals surface area contributed by atoms with Crippen LogP contribution in [0.3, 0.4) is 0 Å². The molecule has 1 heterocycles. The third kappa shape index (κ3) is 6.06. The Hall–Kier alpha value is -3.80. The molecule has 1 aliphatic rings. The van der Waals surface area contributed by atoms with E-state index in [1.54, 1.807) is 31.4 Å². The Morgan fingerprint density at radius 2 is 1.69 bits per heavy atom. The van der Waals surface area contributed by atoms with Gasteiger partial charge in [-0.15, -0.1) is 0 Å². The molecule has 0 unspecified atom stereocenters. The van der Waals surface area contributed by atoms with Crippen molar-refractivity contribution in [1.29, 1.82) is 0 Å². The second-order valence-corrected chi connectivity index (χ2v) is 9.67. The van der Waals surface area contributed by atoms with Gasteiger partial charge in [0.05, 0.1) is 13.2 Å². The van der Waals surface area contributed by atoms with Gasteiger partial charge in [-0.25, -0.2) is 0 Å². The predicted molar refractivity (Wildman–Crippen MR) is 141 cm³/mol. The highest BCUT2D eigenvalue weighted by Gasteiger charge is 2.32. The lowest BCUT2D eigenvalue weighted by Gasteiger charge is -2.38. The molecular weight excluding hydrogens is 452 g/mol. The van der Waals surface area contributed by atoms with E-state index in [4.69, 9.17) is 9.47 Å². The maximum absolute atomic E-state index is 13.2. The first kappa shape index (κ1) is 25.3. The minimum absolute atomic E-state index is 0.115. The zero-order chi connectivity index (χ0) is 25.7. The Labute approximate surface area is 213 Å². The average molecular weight is 487 g/mol. The molecule has 4 rings (SSSR count). The number of rotatable bonds is 8. The Balaban J connectivity index is 1.54. The number of fused-ring (bicyclic) bond motifs is 1. The van der Waals surface area contributed by atoms with E-state index >= 15 is 0 Å². The van der Waals surface area contributed by atoms with Crippen LogP contribution in [0.25, 0.3) is 0 Å². The van der Waals surface area contributed by atoms with E-state index in [1.165, 1.54) is 11.1 Å². The Kier molecular flexibility index (Phi) is 7.93. The van der Waals surface area contributed by atoms with Gasteiger partial charge in [0.25, 0.3) is 5.91 Å². The van der Waals surface area contributed by atoms with Crippen molar-refractivity contribution in [2.24, 2.45) is 5.92 Å². The SMILES string of the molecule is COc1ccc(NC(=O)COc2ccc3c(c2)[C@@H](c2ccc(C)cc2)N(C(=O)CC(C)C)CC3)cc1. The first-order chi connectivity index (χ1) is 17.3. The minimum atomic E-state index is -0.248. The van der Waals surface area contributed by atoms with Gasteiger partial charge in [-0.3, -0.25) is 9.59 Å². The van der Waals surface area contributed by atoms with Gasteiger partial charge in [0, 0.05) is 18.7 Å². The van der Waals surface area contributed by atoms with Crippen LogP contribution in [0.1, 0.15) is 48.6 Å². The lowest BCUT2D eigenvalue weighted by atomic mass is 9.87. The standard InChI is InChI=1S/C30H34N2O4/c1-20(2)17-29(34)32-16-15-22-9-12-26(18-27(22)30(32)23-7-5-21(3)6-8-23)36-19-28(33)31-24-10-13-25(35-4)14-11-24/h5-14,18,20,30H,15-17,19H2,1-4H3,(H,31,33)/t30-/m1/s1. The van der Waals surface area contributed by atoms with Crippen molar-refractivity contribution in [2.75, 3.05) is 25.6 Å². The molecule has 188 valence electrons. The molecule has 3 aromatic rings. The number of ether oxygens (including phenoxy) is 2. The van der Waals surface area contributed by atoms with Crippen molar-refractivity contribution < 1.29 is 19.1 Å². The zero-order valence-electron chi connectivity index (χ0n) is 21.4. The van der Waals surface area contributed by atoms with Crippen molar-refractivity contribution >= 4 is 17.5 Å². The number of hydrogen-bond acceptors (Lipinski definition) is 4. The van der Waals surface area contributed by atoms with Crippen LogP contribution in [-0.4, -0.2) is 37.0 Å². The molecule has 0 saturated carbocycles. The van der Waals surface area contributed by atoms with E-state index in [0.29, 0.717) is 24.4 Å². The lowest BCUT2D eigenvalue weighted by molar-refractivity contribution is -0.134. The fourth-order valence-electron chi connectivity index (χ4n) is 4.55. The third-order valence-corrected chi connectivity index (χ3v) is 6.39. The molecule has 1 atom stereocenters. The average Bonchev–Trinajstić information content (AvgIpc) is 2.87. The maximum Gasteiger partial charge on any atom is 0.262 e. The molecule has 1 aliphatic heterocycles. The molecule has 6 heteroatoms. The van der Waals surface area contributed by atoms with Gasteiger partial charge in [0.2, 0.25) is 5.91 Å². The third-order valence-electron chi connectivity index (χ3n) is 6.39. The fraction of sp³-hybridized carbons (Fsp3) is 0.333. The summed E-state index contributed by atoms with van der Waals surface area (Å²) >= 11 is 0. The van der Waals surface area contributed by atoms with E-state index in [0.717, 1.165) is 23.3 Å². The Morgan fingerprint density at radius 3 is 2.36 bits per heavy atom. The van der Waals surface area contributed by atoms with Crippen LogP contribution in [0, 0.1) is 12.8 Å². The number of benzene rings is 3. The normalized spacial score (nSPS) is 14.8. The van der Waals surface area contributed by atoms with Crippen molar-refractivity contribution in [3.63, 3.8) is 0 Å². The van der Waals surface area contributed by atoms with Gasteiger partial charge in [0.15, 0.2) is 6.61 Å². The van der Waals surface area contributed by atoms with Gasteiger partial charge >= 0.3 is 0 Å². The molecular formula is C30H34N2O4. The molecule has 0 aliphatic carbocycles. The van der Waals surface area contributed by atoms with Crippen LogP contribution in [0.15, 0.2) is 66.7 Å². The van der Waals surface area contributed by atoms with Crippen molar-refractivity contribution in [1.82, 2.24) is 4.90 Å². The summed E-state index contributed by atoms with van der Waals surface area (Å²) in [5.41, 5.74) is 5.18. The second kappa shape index (κ2) is 11.3. The number of anilines is 1. The van der Waals surface area contributed by atoms with Crippen LogP contribution >= 0.6 is 0 Å². The van der Waals surface area contributed by atoms with Crippen molar-refractivity contribution in [3.8, 4) is 11.5 Å². The number of carbonyl (C=O) groups excluding carboxylic acids is 2. The Morgan fingerprint density at radius 1 is 1.00 bits per heavy atom. The zero-order valence-corrected chi connectivity index (χ0v) is 21.4. The number of nitrogens with one attached hydrogen (secondary N) is 1. The van der Waals surface area contributed by atoms with E-state index in [2.05, 4.69) is 56.4 Å². The highest BCUT2D eigenvalue weighted by molar-refractivity contribution is 5.91. The summed E-state index contributed by atoms with van der Waals surface area (Å²) in [6.07, 6.45) is 1.30. The molecule has 2 amide bonds. The number of methoxy groups -OCH3 is 1. The monoisotopic (exact) mass is 486 g/mol. The van der Waals surface area contributed by atoms with Crippen LogP contribution in [0.4, 0.5) is 5.69 Å². The van der Waals surface area contributed by atoms with Gasteiger partial charge in [0.1, 0.15) is 11.5 Å². The largest absolute Gasteiger partial charge is 0.497 e. The summed E-state index contributed by atoms with van der Waals surface area (Å²) in [7, 11) is 1.60. The van der Waals surface area contributed by atoms with Gasteiger partial charge in [-0.1, -0.05) is 49.7 Å². The van der Waals surface area contributed by atoms with Gasteiger partial charge in [-0.05, 0) is 72.4 Å². The van der Waals surface area contributed by atoms with E-state index in [9.17, 15) is 9.59 Å². The smallest absolute Gasteiger partial charge is 0.262 e. The summed E-state index contributed by atoms with van der Waals surface area (Å²) in [4.78, 5) is 27.7. The summed E-state index contributed by atoms with van der Waals surface area (Å²) in [5.74, 6) is 1.53. The quantitative estimate of drug-likeness (QED) is 0.454. The predicted octanol–water partition coefficient (Wildman–Crippen LogP) is 5.54. The number of aryl methyl sites for hydroxylation is 1. The molecule has 0 fully saturated rings. The molecule has 0 spiro atoms. The highest BCUT2D eigenvalue weighted by atomic mass is 16.5. The lowest BCUT2D eigenvalue weighted by Crippen LogP contribution is -2.41. The van der Waals surface area contributed by atoms with Crippen LogP contribution in [0.2, 0.25) is 0 Å². The molecule has 1 N–H and O–H groups in total. The second-order valence-electron chi connectivity index (χ2n) is 9.67. The first-order valence-corrected chi connectivity index (χ1v) is 12.4. The van der Waals surface area contributed by atoms with Crippen molar-refractivity contribution in [3.05, 3.63) is 89.0 Å². The molecule has 3 aromatic carbocycles. The molecule has 36 heavy (non-hydrogen) atoms. The van der Waals surface area contributed by atoms with Crippen LogP contribution in [-0.2, 0) is 16.0 Å². The summed E-state index contributed by atoms with van der Waals surface area (Å²) < 4.78 is 11.0. The molecule has 0 aromatic heterocycles. The van der Waals surface area contributed by atoms with Crippen LogP contribution < -0.4 is 14.8 Å². The summed E-state index contributed by atoms with van der Waals surface area (Å²) in [6, 6.07) is 21.3. The molecule has 0 bridgehead atoms. The van der Waals surface area contributed by atoms with E-state index in [-0.39, 0.29) is 30.4 Å². The first-order valence-electron chi connectivity index (χ1n) is 12.4. The van der Waals surface area contributed by atoms with Crippen LogP contribution in [0.5, 0.6) is 11.5 Å². The minimum Gasteiger partial charge on any atom is -0.497 e. The highest BCUT2D eigenvalue weighted by Crippen LogP contribution is 2.38. The summed E-state index contributed by atoms with van der Waals surface area (Å²) in [5, 5.41) is 2.83. The van der Waals surface area contributed by atoms with E-state index in [1.807, 2.05) is 17.0 Å². The number of amides is 2. The summed E-state index contributed by atoms with van der Waals surface area (Å²) in [6.45, 7) is 6.76.